The number of carbonyl (C=O) groups is 2. The molecule has 0 saturated heterocycles. The van der Waals surface area contributed by atoms with E-state index in [0.717, 1.165) is 6.08 Å². The molecule has 18 heavy (non-hydrogen) atoms. The number of carboxylic acid groups (broad SMARTS) is 1. The van der Waals surface area contributed by atoms with Crippen molar-refractivity contribution in [2.75, 3.05) is 7.11 Å². The number of ether oxygens (including phenoxy) is 2. The molecule has 0 radical (unpaired) electrons. The maximum Gasteiger partial charge on any atom is 0.346 e. The van der Waals surface area contributed by atoms with Gasteiger partial charge in [-0.1, -0.05) is 18.2 Å². The topological polar surface area (TPSA) is 72.8 Å². The van der Waals surface area contributed by atoms with Gasteiger partial charge in [0.1, 0.15) is 5.75 Å². The van der Waals surface area contributed by atoms with Gasteiger partial charge >= 0.3 is 11.9 Å². The van der Waals surface area contributed by atoms with E-state index >= 15 is 0 Å². The molecule has 0 aliphatic heterocycles. The smallest absolute Gasteiger partial charge is 0.346 e. The number of methoxy groups -OCH3 is 1. The van der Waals surface area contributed by atoms with E-state index in [2.05, 4.69) is 4.74 Å². The fourth-order valence-electron chi connectivity index (χ4n) is 1.29. The number of hydrogen-bond donors (Lipinski definition) is 1. The third-order valence-corrected chi connectivity index (χ3v) is 2.16. The normalized spacial score (nSPS) is 12.1. The monoisotopic (exact) mass is 250 g/mol. The molecule has 0 aliphatic carbocycles. The summed E-state index contributed by atoms with van der Waals surface area (Å²) in [6, 6.07) is 6.83. The molecule has 96 valence electrons. The van der Waals surface area contributed by atoms with Crippen LogP contribution in [-0.4, -0.2) is 30.3 Å². The summed E-state index contributed by atoms with van der Waals surface area (Å²) in [5, 5.41) is 8.57. The number of carboxylic acids is 1. The lowest BCUT2D eigenvalue weighted by Crippen LogP contribution is -2.25. The number of carbonyl (C=O) groups excluding carboxylic acids is 1. The van der Waals surface area contributed by atoms with Gasteiger partial charge < -0.3 is 14.6 Å². The molecule has 0 spiro atoms. The molecule has 1 N–H and O–H groups in total. The summed E-state index contributed by atoms with van der Waals surface area (Å²) in [4.78, 5) is 21.7. The van der Waals surface area contributed by atoms with Crippen LogP contribution in [0.1, 0.15) is 12.5 Å². The lowest BCUT2D eigenvalue weighted by Gasteiger charge is -2.14. The Morgan fingerprint density at radius 1 is 1.33 bits per heavy atom. The van der Waals surface area contributed by atoms with Gasteiger partial charge in [-0.15, -0.1) is 0 Å². The second kappa shape index (κ2) is 6.44. The van der Waals surface area contributed by atoms with Crippen LogP contribution < -0.4 is 4.74 Å². The van der Waals surface area contributed by atoms with Crippen molar-refractivity contribution in [3.8, 4) is 5.75 Å². The highest BCUT2D eigenvalue weighted by Gasteiger charge is 2.15. The predicted molar refractivity (Wildman–Crippen MR) is 65.2 cm³/mol. The second-order valence-corrected chi connectivity index (χ2v) is 3.49. The summed E-state index contributed by atoms with van der Waals surface area (Å²) in [6.45, 7) is 1.56. The van der Waals surface area contributed by atoms with Gasteiger partial charge in [-0.25, -0.2) is 9.59 Å². The van der Waals surface area contributed by atoms with Crippen LogP contribution in [0.4, 0.5) is 0 Å². The number of rotatable bonds is 5. The zero-order valence-corrected chi connectivity index (χ0v) is 10.1. The quantitative estimate of drug-likeness (QED) is 0.636. The van der Waals surface area contributed by atoms with Crippen LogP contribution >= 0.6 is 0 Å². The Kier molecular flexibility index (Phi) is 4.92. The number of esters is 1. The van der Waals surface area contributed by atoms with Crippen molar-refractivity contribution >= 4 is 18.0 Å². The fourth-order valence-corrected chi connectivity index (χ4v) is 1.29. The van der Waals surface area contributed by atoms with Crippen molar-refractivity contribution in [2.45, 2.75) is 13.0 Å². The summed E-state index contributed by atoms with van der Waals surface area (Å²) in [5.41, 5.74) is 0.579. The number of para-hydroxylation sites is 1. The molecule has 1 aromatic rings. The van der Waals surface area contributed by atoms with Crippen LogP contribution in [0.5, 0.6) is 5.75 Å². The summed E-state index contributed by atoms with van der Waals surface area (Å²) in [7, 11) is 1.28. The minimum absolute atomic E-state index is 0.424. The highest BCUT2D eigenvalue weighted by molar-refractivity contribution is 5.86. The van der Waals surface area contributed by atoms with E-state index < -0.39 is 18.0 Å². The fraction of sp³-hybridized carbons (Fsp3) is 0.231. The van der Waals surface area contributed by atoms with Gasteiger partial charge in [-0.3, -0.25) is 0 Å². The largest absolute Gasteiger partial charge is 0.478 e. The molecule has 0 fully saturated rings. The SMILES string of the molecule is COC(=O)C(C)Oc1ccccc1C=CC(=O)O. The van der Waals surface area contributed by atoms with Gasteiger partial charge in [0.2, 0.25) is 0 Å². The molecule has 5 nitrogen and oxygen atoms in total. The first-order valence-corrected chi connectivity index (χ1v) is 5.29. The van der Waals surface area contributed by atoms with Crippen LogP contribution in [0.2, 0.25) is 0 Å². The molecule has 1 aromatic carbocycles. The van der Waals surface area contributed by atoms with Gasteiger partial charge in [-0.2, -0.15) is 0 Å². The van der Waals surface area contributed by atoms with Crippen LogP contribution in [0.15, 0.2) is 30.3 Å². The van der Waals surface area contributed by atoms with Gasteiger partial charge in [0.15, 0.2) is 6.10 Å². The third kappa shape index (κ3) is 3.93. The van der Waals surface area contributed by atoms with Crippen LogP contribution in [0.25, 0.3) is 6.08 Å². The second-order valence-electron chi connectivity index (χ2n) is 3.49. The molecule has 1 rings (SSSR count). The molecular weight excluding hydrogens is 236 g/mol. The molecule has 0 heterocycles. The first-order chi connectivity index (χ1) is 8.54. The van der Waals surface area contributed by atoms with Crippen LogP contribution in [-0.2, 0) is 14.3 Å². The Labute approximate surface area is 105 Å². The molecular formula is C13H14O5. The number of aliphatic carboxylic acids is 1. The average molecular weight is 250 g/mol. The molecule has 0 bridgehead atoms. The van der Waals surface area contributed by atoms with Gasteiger partial charge in [0.05, 0.1) is 7.11 Å². The summed E-state index contributed by atoms with van der Waals surface area (Å²) >= 11 is 0. The zero-order chi connectivity index (χ0) is 13.5. The van der Waals surface area contributed by atoms with E-state index in [9.17, 15) is 9.59 Å². The van der Waals surface area contributed by atoms with E-state index in [4.69, 9.17) is 9.84 Å². The van der Waals surface area contributed by atoms with Gasteiger partial charge in [-0.05, 0) is 19.1 Å². The third-order valence-electron chi connectivity index (χ3n) is 2.16. The van der Waals surface area contributed by atoms with E-state index in [0.29, 0.717) is 11.3 Å². The maximum atomic E-state index is 11.2. The van der Waals surface area contributed by atoms with Crippen molar-refractivity contribution < 1.29 is 24.2 Å². The van der Waals surface area contributed by atoms with Crippen molar-refractivity contribution in [1.82, 2.24) is 0 Å². The van der Waals surface area contributed by atoms with Gasteiger partial charge in [0.25, 0.3) is 0 Å². The molecule has 0 amide bonds. The first-order valence-electron chi connectivity index (χ1n) is 5.29. The van der Waals surface area contributed by atoms with Crippen molar-refractivity contribution in [3.63, 3.8) is 0 Å². The molecule has 1 atom stereocenters. The zero-order valence-electron chi connectivity index (χ0n) is 10.1. The van der Waals surface area contributed by atoms with E-state index in [1.54, 1.807) is 31.2 Å². The molecule has 0 saturated carbocycles. The van der Waals surface area contributed by atoms with Crippen molar-refractivity contribution in [1.29, 1.82) is 0 Å². The minimum Gasteiger partial charge on any atom is -0.478 e. The Bertz CT molecular complexity index is 464. The first kappa shape index (κ1) is 13.8. The highest BCUT2D eigenvalue weighted by Crippen LogP contribution is 2.21. The molecule has 1 unspecified atom stereocenters. The van der Waals surface area contributed by atoms with E-state index in [1.807, 2.05) is 0 Å². The maximum absolute atomic E-state index is 11.2. The highest BCUT2D eigenvalue weighted by atomic mass is 16.6. The van der Waals surface area contributed by atoms with Crippen molar-refractivity contribution in [3.05, 3.63) is 35.9 Å². The predicted octanol–water partition coefficient (Wildman–Crippen LogP) is 1.72. The van der Waals surface area contributed by atoms with Crippen LogP contribution in [0.3, 0.4) is 0 Å². The standard InChI is InChI=1S/C13H14O5/c1-9(13(16)17-2)18-11-6-4-3-5-10(11)7-8-12(14)15/h3-9H,1-2H3,(H,14,15). The lowest BCUT2D eigenvalue weighted by molar-refractivity contribution is -0.147. The Hall–Kier alpha value is -2.30. The lowest BCUT2D eigenvalue weighted by atomic mass is 10.2. The minimum atomic E-state index is -1.05. The van der Waals surface area contributed by atoms with Gasteiger partial charge in [0, 0.05) is 11.6 Å². The average Bonchev–Trinajstić information content (AvgIpc) is 2.36. The van der Waals surface area contributed by atoms with E-state index in [-0.39, 0.29) is 0 Å². The van der Waals surface area contributed by atoms with E-state index in [1.165, 1.54) is 13.2 Å². The Morgan fingerprint density at radius 3 is 2.61 bits per heavy atom. The molecule has 5 heteroatoms. The molecule has 0 aliphatic rings. The summed E-state index contributed by atoms with van der Waals surface area (Å²) in [5.74, 6) is -1.12. The van der Waals surface area contributed by atoms with Crippen molar-refractivity contribution in [2.24, 2.45) is 0 Å². The summed E-state index contributed by atoms with van der Waals surface area (Å²) < 4.78 is 9.96. The summed E-state index contributed by atoms with van der Waals surface area (Å²) in [6.07, 6.45) is 1.65. The number of hydrogen-bond acceptors (Lipinski definition) is 4. The van der Waals surface area contributed by atoms with Crippen LogP contribution in [0, 0.1) is 0 Å². The Balaban J connectivity index is 2.88. The molecule has 0 aromatic heterocycles. The Morgan fingerprint density at radius 2 is 2.00 bits per heavy atom. The number of benzene rings is 1.